The number of hydrogen-bond donors (Lipinski definition) is 1. The number of hydrogen-bond acceptors (Lipinski definition) is 6. The highest BCUT2D eigenvalue weighted by atomic mass is 19.1. The van der Waals surface area contributed by atoms with E-state index in [9.17, 15) is 14.8 Å². The van der Waals surface area contributed by atoms with Crippen molar-refractivity contribution in [1.29, 1.82) is 5.26 Å². The van der Waals surface area contributed by atoms with E-state index >= 15 is 0 Å². The Morgan fingerprint density at radius 3 is 2.72 bits per heavy atom. The largest absolute Gasteiger partial charge is 0.475 e. The Balaban J connectivity index is 1.66. The van der Waals surface area contributed by atoms with E-state index in [1.54, 1.807) is 25.3 Å². The van der Waals surface area contributed by atoms with Gasteiger partial charge in [-0.2, -0.15) is 5.26 Å². The van der Waals surface area contributed by atoms with E-state index in [2.05, 4.69) is 23.0 Å². The predicted molar refractivity (Wildman–Crippen MR) is 135 cm³/mol. The lowest BCUT2D eigenvalue weighted by Gasteiger charge is -2.29. The summed E-state index contributed by atoms with van der Waals surface area (Å²) in [6.45, 7) is 4.01. The molecule has 0 bridgehead atoms. The first-order valence-electron chi connectivity index (χ1n) is 12.1. The first kappa shape index (κ1) is 23.9. The molecule has 0 spiro atoms. The molecule has 8 heteroatoms. The number of benzene rings is 2. The fourth-order valence-electron chi connectivity index (χ4n) is 4.95. The Bertz CT molecular complexity index is 1420. The molecule has 1 N–H and O–H groups in total. The Morgan fingerprint density at radius 2 is 2.03 bits per heavy atom. The van der Waals surface area contributed by atoms with Gasteiger partial charge in [-0.15, -0.1) is 0 Å². The highest BCUT2D eigenvalue weighted by Crippen LogP contribution is 2.36. The molecule has 0 aliphatic carbocycles. The van der Waals surface area contributed by atoms with Gasteiger partial charge in [0.15, 0.2) is 0 Å². The first-order valence-corrected chi connectivity index (χ1v) is 12.1. The third kappa shape index (κ3) is 4.55. The Hall–Kier alpha value is -3.80. The van der Waals surface area contributed by atoms with Gasteiger partial charge in [0.05, 0.1) is 36.2 Å². The van der Waals surface area contributed by atoms with Crippen molar-refractivity contribution in [2.75, 3.05) is 26.7 Å². The van der Waals surface area contributed by atoms with Crippen LogP contribution in [0, 0.1) is 30.0 Å². The minimum atomic E-state index is -0.478. The summed E-state index contributed by atoms with van der Waals surface area (Å²) >= 11 is 0. The van der Waals surface area contributed by atoms with Crippen LogP contribution in [0.4, 0.5) is 4.39 Å². The van der Waals surface area contributed by atoms with E-state index in [0.29, 0.717) is 52.1 Å². The van der Waals surface area contributed by atoms with Crippen molar-refractivity contribution in [3.63, 3.8) is 0 Å². The zero-order valence-corrected chi connectivity index (χ0v) is 20.4. The zero-order valence-electron chi connectivity index (χ0n) is 20.4. The van der Waals surface area contributed by atoms with Gasteiger partial charge in [0.1, 0.15) is 5.82 Å². The molecule has 36 heavy (non-hydrogen) atoms. The van der Waals surface area contributed by atoms with Gasteiger partial charge in [-0.1, -0.05) is 12.1 Å². The SMILES string of the molecule is Cc1cc(-c2c(-c3ccc(C#N)cc3)nc(OC[C@@H]3CCCN(C)C3)c3nccn23)cc(F)c1CO. The molecule has 0 radical (unpaired) electrons. The molecule has 4 aromatic rings. The highest BCUT2D eigenvalue weighted by molar-refractivity contribution is 5.82. The van der Waals surface area contributed by atoms with Gasteiger partial charge in [0, 0.05) is 41.5 Å². The number of aromatic nitrogens is 3. The topological polar surface area (TPSA) is 86.7 Å². The average Bonchev–Trinajstić information content (AvgIpc) is 3.37. The standard InChI is InChI=1S/C28H28FN5O2/c1-18-12-22(13-24(29)23(18)16-35)26-25(21-7-5-19(14-30)6-8-21)32-28(27-31-9-11-34(26)27)36-17-20-4-3-10-33(2)15-20/h5-9,11-13,20,35H,3-4,10,15-17H2,1-2H3/t20-/m1/s1. The van der Waals surface area contributed by atoms with Crippen molar-refractivity contribution >= 4 is 5.65 Å². The van der Waals surface area contributed by atoms with Crippen molar-refractivity contribution in [2.24, 2.45) is 5.92 Å². The number of imidazole rings is 1. The van der Waals surface area contributed by atoms with Crippen LogP contribution in [0.25, 0.3) is 28.2 Å². The second-order valence-corrected chi connectivity index (χ2v) is 9.42. The normalized spacial score (nSPS) is 16.2. The van der Waals surface area contributed by atoms with Gasteiger partial charge >= 0.3 is 0 Å². The number of halogens is 1. The van der Waals surface area contributed by atoms with Gasteiger partial charge in [-0.25, -0.2) is 14.4 Å². The number of aliphatic hydroxyl groups is 1. The monoisotopic (exact) mass is 485 g/mol. The molecule has 0 saturated carbocycles. The number of fused-ring (bicyclic) bond motifs is 1. The molecule has 7 nitrogen and oxygen atoms in total. The number of likely N-dealkylation sites (tertiary alicyclic amines) is 1. The van der Waals surface area contributed by atoms with E-state index < -0.39 is 5.82 Å². The summed E-state index contributed by atoms with van der Waals surface area (Å²) in [5, 5.41) is 18.8. The predicted octanol–water partition coefficient (Wildman–Crippen LogP) is 4.60. The van der Waals surface area contributed by atoms with Crippen LogP contribution in [-0.2, 0) is 6.61 Å². The maximum Gasteiger partial charge on any atom is 0.259 e. The molecule has 184 valence electrons. The summed E-state index contributed by atoms with van der Waals surface area (Å²) < 4.78 is 23.1. The highest BCUT2D eigenvalue weighted by Gasteiger charge is 2.23. The quantitative estimate of drug-likeness (QED) is 0.430. The summed E-state index contributed by atoms with van der Waals surface area (Å²) in [4.78, 5) is 11.7. The number of nitrogens with zero attached hydrogens (tertiary/aromatic N) is 5. The molecule has 3 heterocycles. The average molecular weight is 486 g/mol. The summed E-state index contributed by atoms with van der Waals surface area (Å²) in [7, 11) is 2.12. The number of piperidine rings is 1. The van der Waals surface area contributed by atoms with Crippen LogP contribution in [0.2, 0.25) is 0 Å². The van der Waals surface area contributed by atoms with Crippen LogP contribution >= 0.6 is 0 Å². The summed E-state index contributed by atoms with van der Waals surface area (Å²) in [5.41, 5.74) is 4.63. The Kier molecular flexibility index (Phi) is 6.68. The van der Waals surface area contributed by atoms with Gasteiger partial charge in [0.25, 0.3) is 5.88 Å². The number of aryl methyl sites for hydroxylation is 1. The third-order valence-corrected chi connectivity index (χ3v) is 6.83. The van der Waals surface area contributed by atoms with Crippen molar-refractivity contribution < 1.29 is 14.2 Å². The van der Waals surface area contributed by atoms with Crippen LogP contribution in [0.3, 0.4) is 0 Å². The van der Waals surface area contributed by atoms with E-state index in [0.717, 1.165) is 31.5 Å². The lowest BCUT2D eigenvalue weighted by Crippen LogP contribution is -2.34. The molecule has 1 aliphatic heterocycles. The number of rotatable bonds is 6. The lowest BCUT2D eigenvalue weighted by atomic mass is 9.98. The Morgan fingerprint density at radius 1 is 1.22 bits per heavy atom. The number of aliphatic hydroxyl groups excluding tert-OH is 1. The second kappa shape index (κ2) is 10.1. The molecule has 1 aliphatic rings. The molecule has 1 saturated heterocycles. The minimum Gasteiger partial charge on any atom is -0.475 e. The lowest BCUT2D eigenvalue weighted by molar-refractivity contribution is 0.148. The number of ether oxygens (including phenoxy) is 1. The molecule has 2 aromatic carbocycles. The molecule has 0 unspecified atom stereocenters. The van der Waals surface area contributed by atoms with Gasteiger partial charge in [-0.3, -0.25) is 4.40 Å². The van der Waals surface area contributed by atoms with Gasteiger partial charge in [-0.05, 0) is 63.2 Å². The second-order valence-electron chi connectivity index (χ2n) is 9.42. The fraction of sp³-hybridized carbons (Fsp3) is 0.321. The van der Waals surface area contributed by atoms with Crippen molar-refractivity contribution in [1.82, 2.24) is 19.3 Å². The van der Waals surface area contributed by atoms with Crippen molar-refractivity contribution in [3.05, 3.63) is 71.3 Å². The minimum absolute atomic E-state index is 0.269. The number of nitriles is 1. The molecule has 5 rings (SSSR count). The summed E-state index contributed by atoms with van der Waals surface area (Å²) in [6, 6.07) is 12.5. The van der Waals surface area contributed by atoms with Crippen LogP contribution in [0.15, 0.2) is 48.8 Å². The van der Waals surface area contributed by atoms with E-state index in [1.165, 1.54) is 6.07 Å². The molecule has 0 amide bonds. The molecule has 1 atom stereocenters. The molecule has 2 aromatic heterocycles. The van der Waals surface area contributed by atoms with Crippen LogP contribution < -0.4 is 4.74 Å². The van der Waals surface area contributed by atoms with Crippen LogP contribution in [0.1, 0.15) is 29.5 Å². The van der Waals surface area contributed by atoms with Crippen LogP contribution in [0.5, 0.6) is 5.88 Å². The smallest absolute Gasteiger partial charge is 0.259 e. The molecule has 1 fully saturated rings. The molecular formula is C28H28FN5O2. The molecular weight excluding hydrogens is 457 g/mol. The van der Waals surface area contributed by atoms with E-state index in [-0.39, 0.29) is 12.2 Å². The van der Waals surface area contributed by atoms with Gasteiger partial charge in [0.2, 0.25) is 5.65 Å². The van der Waals surface area contributed by atoms with Crippen molar-refractivity contribution in [3.8, 4) is 34.5 Å². The maximum atomic E-state index is 14.9. The summed E-state index contributed by atoms with van der Waals surface area (Å²) in [5.74, 6) is 0.343. The first-order chi connectivity index (χ1) is 17.5. The van der Waals surface area contributed by atoms with Crippen LogP contribution in [-0.4, -0.2) is 51.1 Å². The maximum absolute atomic E-state index is 14.9. The zero-order chi connectivity index (χ0) is 25.2. The Labute approximate surface area is 209 Å². The van der Waals surface area contributed by atoms with E-state index in [1.807, 2.05) is 28.8 Å². The van der Waals surface area contributed by atoms with E-state index in [4.69, 9.17) is 9.72 Å². The van der Waals surface area contributed by atoms with Gasteiger partial charge < -0.3 is 14.7 Å². The van der Waals surface area contributed by atoms with Crippen molar-refractivity contribution in [2.45, 2.75) is 26.4 Å². The third-order valence-electron chi connectivity index (χ3n) is 6.83. The fourth-order valence-corrected chi connectivity index (χ4v) is 4.95. The summed E-state index contributed by atoms with van der Waals surface area (Å²) in [6.07, 6.45) is 5.73.